The van der Waals surface area contributed by atoms with Gasteiger partial charge in [0.2, 0.25) is 0 Å². The van der Waals surface area contributed by atoms with Crippen molar-refractivity contribution < 1.29 is 23.0 Å². The maximum atomic E-state index is 15.9. The van der Waals surface area contributed by atoms with Crippen LogP contribution in [-0.4, -0.2) is 37.9 Å². The molecule has 2 unspecified atom stereocenters. The molecular weight excluding hydrogens is 458 g/mol. The molecular formula is C31H46F2O3. The molecule has 1 aliphatic carbocycles. The van der Waals surface area contributed by atoms with E-state index in [2.05, 4.69) is 13.8 Å². The monoisotopic (exact) mass is 504 g/mol. The second-order valence-corrected chi connectivity index (χ2v) is 10.4. The van der Waals surface area contributed by atoms with Crippen LogP contribution in [0.1, 0.15) is 96.5 Å². The second kappa shape index (κ2) is 15.6. The molecule has 0 spiro atoms. The smallest absolute Gasteiger partial charge is 0.193 e. The minimum absolute atomic E-state index is 0.252. The van der Waals surface area contributed by atoms with Crippen molar-refractivity contribution in [3.63, 3.8) is 0 Å². The molecule has 0 bridgehead atoms. The second-order valence-electron chi connectivity index (χ2n) is 10.4. The van der Waals surface area contributed by atoms with Gasteiger partial charge in [-0.15, -0.1) is 0 Å². The molecule has 3 nitrogen and oxygen atoms in total. The first-order valence-electron chi connectivity index (χ1n) is 14.3. The SMILES string of the molecule is CCCCCCCCOC1(C2OCC(CCCCCCC)CO2)C=CC(c2ccccc2)=C(F)C1F. The van der Waals surface area contributed by atoms with Crippen molar-refractivity contribution >= 4 is 5.57 Å². The maximum Gasteiger partial charge on any atom is 0.193 e. The van der Waals surface area contributed by atoms with Crippen LogP contribution in [0.4, 0.5) is 8.78 Å². The van der Waals surface area contributed by atoms with Gasteiger partial charge < -0.3 is 14.2 Å². The first kappa shape index (κ1) is 29.0. The highest BCUT2D eigenvalue weighted by Crippen LogP contribution is 2.42. The summed E-state index contributed by atoms with van der Waals surface area (Å²) >= 11 is 0. The average Bonchev–Trinajstić information content (AvgIpc) is 2.91. The Labute approximate surface area is 217 Å². The quantitative estimate of drug-likeness (QED) is 0.211. The lowest BCUT2D eigenvalue weighted by Crippen LogP contribution is -2.57. The van der Waals surface area contributed by atoms with E-state index in [0.29, 0.717) is 25.4 Å². The van der Waals surface area contributed by atoms with Crippen LogP contribution in [0.3, 0.4) is 0 Å². The molecule has 0 amide bonds. The van der Waals surface area contributed by atoms with Crippen molar-refractivity contribution in [3.8, 4) is 0 Å². The van der Waals surface area contributed by atoms with E-state index in [4.69, 9.17) is 14.2 Å². The Hall–Kier alpha value is -1.56. The molecule has 1 fully saturated rings. The van der Waals surface area contributed by atoms with E-state index in [-0.39, 0.29) is 11.5 Å². The summed E-state index contributed by atoms with van der Waals surface area (Å²) in [5.41, 5.74) is -0.715. The molecule has 2 aliphatic rings. The third-order valence-corrected chi connectivity index (χ3v) is 7.37. The van der Waals surface area contributed by atoms with E-state index >= 15 is 8.78 Å². The maximum absolute atomic E-state index is 15.9. The number of alkyl halides is 1. The van der Waals surface area contributed by atoms with Crippen LogP contribution in [-0.2, 0) is 14.2 Å². The standard InChI is InChI=1S/C31H46F2O3/c1-3-5-7-9-11-16-22-36-31(30-34-23-25(24-35-30)17-13-10-8-6-4-2)21-20-27(28(32)29(31)33)26-18-14-12-15-19-26/h12,14-15,18-21,25,29-30H,3-11,13,16-17,22-24H2,1-2H3. The fourth-order valence-corrected chi connectivity index (χ4v) is 5.09. The Morgan fingerprint density at radius 1 is 0.861 bits per heavy atom. The summed E-state index contributed by atoms with van der Waals surface area (Å²) < 4.78 is 49.7. The van der Waals surface area contributed by atoms with Gasteiger partial charge >= 0.3 is 0 Å². The topological polar surface area (TPSA) is 27.7 Å². The molecule has 1 aromatic rings. The van der Waals surface area contributed by atoms with Crippen molar-refractivity contribution in [2.24, 2.45) is 5.92 Å². The number of ether oxygens (including phenoxy) is 3. The third kappa shape index (κ3) is 7.97. The van der Waals surface area contributed by atoms with Crippen molar-refractivity contribution in [2.75, 3.05) is 19.8 Å². The van der Waals surface area contributed by atoms with Gasteiger partial charge in [-0.3, -0.25) is 0 Å². The van der Waals surface area contributed by atoms with Gasteiger partial charge in [-0.05, 0) is 24.5 Å². The van der Waals surface area contributed by atoms with Gasteiger partial charge in [-0.2, -0.15) is 0 Å². The highest BCUT2D eigenvalue weighted by atomic mass is 19.2. The van der Waals surface area contributed by atoms with E-state index in [1.165, 1.54) is 44.9 Å². The zero-order valence-electron chi connectivity index (χ0n) is 22.4. The van der Waals surface area contributed by atoms with E-state index in [1.807, 2.05) is 18.2 Å². The lowest BCUT2D eigenvalue weighted by molar-refractivity contribution is -0.285. The number of allylic oxidation sites excluding steroid dienone is 2. The van der Waals surface area contributed by atoms with Crippen LogP contribution >= 0.6 is 0 Å². The Bertz CT molecular complexity index is 801. The number of hydrogen-bond donors (Lipinski definition) is 0. The highest BCUT2D eigenvalue weighted by Gasteiger charge is 2.53. The first-order valence-corrected chi connectivity index (χ1v) is 14.3. The van der Waals surface area contributed by atoms with Gasteiger partial charge in [0.05, 0.1) is 13.2 Å². The number of hydrogen-bond acceptors (Lipinski definition) is 3. The fourth-order valence-electron chi connectivity index (χ4n) is 5.09. The minimum atomic E-state index is -1.99. The van der Waals surface area contributed by atoms with Crippen LogP contribution in [0.2, 0.25) is 0 Å². The molecule has 1 aromatic carbocycles. The summed E-state index contributed by atoms with van der Waals surface area (Å²) in [6.07, 6.45) is 14.0. The molecule has 2 atom stereocenters. The molecule has 0 N–H and O–H groups in total. The number of halogens is 2. The molecule has 0 saturated carbocycles. The van der Waals surface area contributed by atoms with Gasteiger partial charge in [-0.25, -0.2) is 8.78 Å². The highest BCUT2D eigenvalue weighted by molar-refractivity contribution is 5.78. The largest absolute Gasteiger partial charge is 0.362 e. The van der Waals surface area contributed by atoms with E-state index < -0.39 is 23.9 Å². The van der Waals surface area contributed by atoms with Crippen LogP contribution in [0, 0.1) is 5.92 Å². The predicted octanol–water partition coefficient (Wildman–Crippen LogP) is 8.74. The third-order valence-electron chi connectivity index (χ3n) is 7.37. The van der Waals surface area contributed by atoms with Gasteiger partial charge in [0.1, 0.15) is 5.83 Å². The van der Waals surface area contributed by atoms with Crippen molar-refractivity contribution in [1.82, 2.24) is 0 Å². The molecule has 1 saturated heterocycles. The summed E-state index contributed by atoms with van der Waals surface area (Å²) in [5.74, 6) is -0.540. The molecule has 3 rings (SSSR count). The number of unbranched alkanes of at least 4 members (excludes halogenated alkanes) is 9. The van der Waals surface area contributed by atoms with Crippen LogP contribution in [0.25, 0.3) is 5.57 Å². The van der Waals surface area contributed by atoms with Gasteiger partial charge in [0.15, 0.2) is 18.1 Å². The van der Waals surface area contributed by atoms with Crippen LogP contribution in [0.5, 0.6) is 0 Å². The molecule has 5 heteroatoms. The normalized spacial score (nSPS) is 26.5. The van der Waals surface area contributed by atoms with E-state index in [0.717, 1.165) is 32.1 Å². The summed E-state index contributed by atoms with van der Waals surface area (Å²) in [5, 5.41) is 0. The average molecular weight is 505 g/mol. The zero-order chi connectivity index (χ0) is 25.6. The van der Waals surface area contributed by atoms with Gasteiger partial charge in [0, 0.05) is 18.1 Å². The molecule has 36 heavy (non-hydrogen) atoms. The van der Waals surface area contributed by atoms with Crippen molar-refractivity contribution in [3.05, 3.63) is 53.9 Å². The molecule has 1 heterocycles. The summed E-state index contributed by atoms with van der Waals surface area (Å²) in [4.78, 5) is 0. The molecule has 0 radical (unpaired) electrons. The molecule has 0 aromatic heterocycles. The number of benzene rings is 1. The van der Waals surface area contributed by atoms with Crippen molar-refractivity contribution in [2.45, 2.75) is 109 Å². The summed E-state index contributed by atoms with van der Waals surface area (Å²) in [7, 11) is 0. The van der Waals surface area contributed by atoms with Gasteiger partial charge in [0.25, 0.3) is 0 Å². The van der Waals surface area contributed by atoms with Crippen LogP contribution in [0.15, 0.2) is 48.3 Å². The van der Waals surface area contributed by atoms with E-state index in [9.17, 15) is 0 Å². The van der Waals surface area contributed by atoms with E-state index in [1.54, 1.807) is 24.3 Å². The summed E-state index contributed by atoms with van der Waals surface area (Å²) in [6.45, 7) is 5.72. The Morgan fingerprint density at radius 2 is 1.47 bits per heavy atom. The lowest BCUT2D eigenvalue weighted by atomic mass is 9.85. The molecule has 1 aliphatic heterocycles. The molecule has 202 valence electrons. The first-order chi connectivity index (χ1) is 17.6. The number of rotatable bonds is 16. The minimum Gasteiger partial charge on any atom is -0.362 e. The van der Waals surface area contributed by atoms with Gasteiger partial charge in [-0.1, -0.05) is 114 Å². The van der Waals surface area contributed by atoms with Crippen molar-refractivity contribution in [1.29, 1.82) is 0 Å². The fraction of sp³-hybridized carbons (Fsp3) is 0.677. The predicted molar refractivity (Wildman–Crippen MR) is 143 cm³/mol. The Kier molecular flexibility index (Phi) is 12.6. The van der Waals surface area contributed by atoms with Crippen LogP contribution < -0.4 is 0 Å². The zero-order valence-corrected chi connectivity index (χ0v) is 22.4. The Balaban J connectivity index is 1.64. The Morgan fingerprint density at radius 3 is 2.14 bits per heavy atom. The summed E-state index contributed by atoms with van der Waals surface area (Å²) in [6, 6.07) is 9.08. The lowest BCUT2D eigenvalue weighted by Gasteiger charge is -2.44.